The number of hydrogen-bond donors (Lipinski definition) is 0. The highest BCUT2D eigenvalue weighted by Crippen LogP contribution is 2.52. The molecule has 8 nitrogen and oxygen atoms in total. The summed E-state index contributed by atoms with van der Waals surface area (Å²) in [4.78, 5) is 37.6. The zero-order chi connectivity index (χ0) is 24.9. The van der Waals surface area contributed by atoms with Gasteiger partial charge in [0.2, 0.25) is 0 Å². The lowest BCUT2D eigenvalue weighted by Gasteiger charge is -2.15. The molecule has 0 N–H and O–H groups in total. The molecule has 5 atom stereocenters. The summed E-state index contributed by atoms with van der Waals surface area (Å²) in [6.45, 7) is 7.67. The van der Waals surface area contributed by atoms with Gasteiger partial charge in [-0.25, -0.2) is 4.79 Å². The molecular weight excluding hydrogens is 446 g/mol. The van der Waals surface area contributed by atoms with Crippen molar-refractivity contribution in [3.8, 4) is 11.4 Å². The molecule has 2 aliphatic carbocycles. The van der Waals surface area contributed by atoms with E-state index in [9.17, 15) is 14.4 Å². The van der Waals surface area contributed by atoms with Crippen LogP contribution in [0.15, 0.2) is 47.6 Å². The van der Waals surface area contributed by atoms with Gasteiger partial charge in [-0.05, 0) is 76.3 Å². The molecule has 2 heterocycles. The first-order valence-corrected chi connectivity index (χ1v) is 12.0. The summed E-state index contributed by atoms with van der Waals surface area (Å²) in [5.74, 6) is -0.385. The fourth-order valence-corrected chi connectivity index (χ4v) is 5.62. The van der Waals surface area contributed by atoms with E-state index in [1.807, 2.05) is 32.0 Å². The first-order chi connectivity index (χ1) is 16.8. The molecule has 2 aromatic rings. The van der Waals surface area contributed by atoms with Crippen LogP contribution in [0.1, 0.15) is 37.2 Å². The minimum atomic E-state index is -0.694. The number of carbonyl (C=O) groups excluding carboxylic acids is 3. The topological polar surface area (TPSA) is 90.2 Å². The highest BCUT2D eigenvalue weighted by molar-refractivity contribution is 6.06. The molecule has 0 spiro atoms. The van der Waals surface area contributed by atoms with Gasteiger partial charge in [0.15, 0.2) is 6.10 Å². The van der Waals surface area contributed by atoms with Crippen LogP contribution in [-0.2, 0) is 19.1 Å². The Hall–Kier alpha value is -3.68. The zero-order valence-electron chi connectivity index (χ0n) is 20.3. The lowest BCUT2D eigenvalue weighted by molar-refractivity contribution is -0.150. The van der Waals surface area contributed by atoms with Gasteiger partial charge in [0, 0.05) is 22.6 Å². The molecule has 5 rings (SSSR count). The molecule has 182 valence electrons. The van der Waals surface area contributed by atoms with E-state index in [2.05, 4.69) is 21.8 Å². The van der Waals surface area contributed by atoms with Gasteiger partial charge in [-0.15, -0.1) is 0 Å². The second-order valence-corrected chi connectivity index (χ2v) is 9.40. The van der Waals surface area contributed by atoms with Gasteiger partial charge >= 0.3 is 5.97 Å². The van der Waals surface area contributed by atoms with Gasteiger partial charge in [-0.2, -0.15) is 10.1 Å². The molecule has 1 aliphatic heterocycles. The van der Waals surface area contributed by atoms with Crippen molar-refractivity contribution in [3.05, 3.63) is 59.4 Å². The monoisotopic (exact) mass is 475 g/mol. The molecule has 1 saturated carbocycles. The molecule has 2 amide bonds. The average Bonchev–Trinajstić information content (AvgIpc) is 3.57. The maximum Gasteiger partial charge on any atom is 0.347 e. The van der Waals surface area contributed by atoms with Crippen LogP contribution < -0.4 is 4.74 Å². The van der Waals surface area contributed by atoms with Crippen LogP contribution in [0.5, 0.6) is 5.75 Å². The number of fused-ring (bicyclic) bond motifs is 5. The number of ether oxygens (including phenoxy) is 2. The van der Waals surface area contributed by atoms with Crippen LogP contribution in [0.25, 0.3) is 5.69 Å². The molecule has 1 saturated heterocycles. The predicted octanol–water partition coefficient (Wildman–Crippen LogP) is 3.57. The number of hydrogen-bond acceptors (Lipinski definition) is 6. The molecule has 3 aliphatic rings. The third-order valence-electron chi connectivity index (χ3n) is 7.26. The second kappa shape index (κ2) is 8.83. The van der Waals surface area contributed by atoms with E-state index in [0.29, 0.717) is 12.4 Å². The number of amides is 2. The molecule has 2 fully saturated rings. The van der Waals surface area contributed by atoms with Gasteiger partial charge in [0.05, 0.1) is 24.7 Å². The van der Waals surface area contributed by atoms with Crippen LogP contribution in [-0.4, -0.2) is 46.3 Å². The minimum absolute atomic E-state index is 0.166. The number of aryl methyl sites for hydroxylation is 1. The Balaban J connectivity index is 1.32. The molecule has 2 bridgehead atoms. The predicted molar refractivity (Wildman–Crippen MR) is 129 cm³/mol. The maximum absolute atomic E-state index is 12.9. The van der Waals surface area contributed by atoms with Crippen LogP contribution in [0.3, 0.4) is 0 Å². The largest absolute Gasteiger partial charge is 0.479 e. The van der Waals surface area contributed by atoms with E-state index in [-0.39, 0.29) is 35.5 Å². The van der Waals surface area contributed by atoms with Crippen molar-refractivity contribution in [1.29, 1.82) is 0 Å². The zero-order valence-corrected chi connectivity index (χ0v) is 20.3. The van der Waals surface area contributed by atoms with Crippen molar-refractivity contribution >= 4 is 24.0 Å². The van der Waals surface area contributed by atoms with Gasteiger partial charge < -0.3 is 14.0 Å². The molecular formula is C27H29N3O5. The summed E-state index contributed by atoms with van der Waals surface area (Å²) < 4.78 is 12.7. The highest BCUT2D eigenvalue weighted by atomic mass is 16.6. The number of benzene rings is 1. The standard InChI is InChI=1S/C27H29N3O5/c1-5-34-27(33)17(4)35-22-10-8-21(9-11-22)29-15(2)12-20(16(29)3)14-28-30-25(31)23-18-6-7-19(13-18)24(23)26(30)32/h6-12,14,17-19,23-24H,5,13H2,1-4H3/t17-,18-,19-,23-,24+/m0/s1. The smallest absolute Gasteiger partial charge is 0.347 e. The Morgan fingerprint density at radius 3 is 2.34 bits per heavy atom. The van der Waals surface area contributed by atoms with Crippen molar-refractivity contribution in [3.63, 3.8) is 0 Å². The number of esters is 1. The van der Waals surface area contributed by atoms with E-state index < -0.39 is 12.1 Å². The third kappa shape index (κ3) is 3.87. The highest BCUT2D eigenvalue weighted by Gasteiger charge is 2.59. The Morgan fingerprint density at radius 1 is 1.11 bits per heavy atom. The molecule has 8 heteroatoms. The van der Waals surface area contributed by atoms with Gasteiger partial charge in [-0.3, -0.25) is 9.59 Å². The van der Waals surface area contributed by atoms with Gasteiger partial charge in [0.25, 0.3) is 11.8 Å². The van der Waals surface area contributed by atoms with E-state index >= 15 is 0 Å². The molecule has 1 aromatic carbocycles. The van der Waals surface area contributed by atoms with Crippen LogP contribution in [0, 0.1) is 37.5 Å². The Kier molecular flexibility index (Phi) is 5.83. The number of carbonyl (C=O) groups is 3. The Labute approximate surface area is 204 Å². The number of nitrogens with zero attached hydrogens (tertiary/aromatic N) is 3. The van der Waals surface area contributed by atoms with E-state index in [0.717, 1.165) is 34.1 Å². The Bertz CT molecular complexity index is 1210. The fourth-order valence-electron chi connectivity index (χ4n) is 5.62. The number of imide groups is 1. The van der Waals surface area contributed by atoms with Crippen molar-refractivity contribution in [2.75, 3.05) is 6.61 Å². The summed E-state index contributed by atoms with van der Waals surface area (Å²) in [6, 6.07) is 9.40. The lowest BCUT2D eigenvalue weighted by Crippen LogP contribution is -2.28. The van der Waals surface area contributed by atoms with Crippen molar-refractivity contribution in [1.82, 2.24) is 9.58 Å². The molecule has 1 aromatic heterocycles. The normalized spacial score (nSPS) is 25.5. The minimum Gasteiger partial charge on any atom is -0.479 e. The number of aromatic nitrogens is 1. The number of hydrazone groups is 1. The number of allylic oxidation sites excluding steroid dienone is 2. The molecule has 35 heavy (non-hydrogen) atoms. The third-order valence-corrected chi connectivity index (χ3v) is 7.26. The summed E-state index contributed by atoms with van der Waals surface area (Å²) in [6.07, 6.45) is 5.96. The van der Waals surface area contributed by atoms with Crippen molar-refractivity contribution in [2.45, 2.75) is 40.2 Å². The van der Waals surface area contributed by atoms with Gasteiger partial charge in [-0.1, -0.05) is 12.2 Å². The van der Waals surface area contributed by atoms with E-state index in [1.54, 1.807) is 32.2 Å². The summed E-state index contributed by atoms with van der Waals surface area (Å²) in [7, 11) is 0. The summed E-state index contributed by atoms with van der Waals surface area (Å²) in [5, 5.41) is 5.40. The maximum atomic E-state index is 12.9. The number of rotatable bonds is 7. The fraction of sp³-hybridized carbons (Fsp3) is 0.407. The van der Waals surface area contributed by atoms with Crippen molar-refractivity contribution in [2.24, 2.45) is 28.8 Å². The quantitative estimate of drug-likeness (QED) is 0.264. The van der Waals surface area contributed by atoms with Gasteiger partial charge in [0.1, 0.15) is 5.75 Å². The van der Waals surface area contributed by atoms with Crippen LogP contribution in [0.4, 0.5) is 0 Å². The van der Waals surface area contributed by atoms with Crippen LogP contribution >= 0.6 is 0 Å². The van der Waals surface area contributed by atoms with E-state index in [1.165, 1.54) is 0 Å². The molecule has 0 unspecified atom stereocenters. The summed E-state index contributed by atoms with van der Waals surface area (Å²) >= 11 is 0. The average molecular weight is 476 g/mol. The Morgan fingerprint density at radius 2 is 1.74 bits per heavy atom. The van der Waals surface area contributed by atoms with Crippen LogP contribution in [0.2, 0.25) is 0 Å². The molecule has 0 radical (unpaired) electrons. The summed E-state index contributed by atoms with van der Waals surface area (Å²) in [5.41, 5.74) is 3.66. The van der Waals surface area contributed by atoms with E-state index in [4.69, 9.17) is 9.47 Å². The van der Waals surface area contributed by atoms with Crippen molar-refractivity contribution < 1.29 is 23.9 Å². The first-order valence-electron chi connectivity index (χ1n) is 12.0. The second-order valence-electron chi connectivity index (χ2n) is 9.40. The SMILES string of the molecule is CCOC(=O)[C@H](C)Oc1ccc(-n2c(C)cc(C=NN3C(=O)[C@@H]4[C@H](C3=O)[C@H]3C=C[C@H]4C3)c2C)cc1. The first kappa shape index (κ1) is 23.1. The lowest BCUT2D eigenvalue weighted by atomic mass is 9.85.